The van der Waals surface area contributed by atoms with E-state index in [1.807, 2.05) is 6.07 Å². The molecule has 0 radical (unpaired) electrons. The van der Waals surface area contributed by atoms with Crippen molar-refractivity contribution in [1.82, 2.24) is 0 Å². The number of hydrogen-bond donors (Lipinski definition) is 1. The van der Waals surface area contributed by atoms with E-state index in [1.54, 1.807) is 20.8 Å². The summed E-state index contributed by atoms with van der Waals surface area (Å²) in [4.78, 5) is 22.9. The van der Waals surface area contributed by atoms with Crippen LogP contribution < -0.4 is 4.90 Å². The molecule has 20 heavy (non-hydrogen) atoms. The minimum atomic E-state index is -1.10. The Labute approximate surface area is 116 Å². The molecule has 0 aliphatic rings. The average molecular weight is 277 g/mol. The fraction of sp³-hybridized carbons (Fsp3) is 0.385. The van der Waals surface area contributed by atoms with Crippen LogP contribution in [-0.4, -0.2) is 28.1 Å². The summed E-state index contributed by atoms with van der Waals surface area (Å²) in [6.45, 7) is 4.86. The van der Waals surface area contributed by atoms with Crippen LogP contribution in [-0.2, 0) is 4.79 Å². The second kappa shape index (κ2) is 5.57. The molecular weight excluding hydrogens is 262 g/mol. The Kier molecular flexibility index (Phi) is 4.30. The van der Waals surface area contributed by atoms with E-state index in [-0.39, 0.29) is 23.5 Å². The van der Waals surface area contributed by atoms with Crippen LogP contribution in [0.15, 0.2) is 18.2 Å². The van der Waals surface area contributed by atoms with Crippen LogP contribution >= 0.6 is 0 Å². The van der Waals surface area contributed by atoms with Crippen LogP contribution in [0.5, 0.6) is 0 Å². The summed E-state index contributed by atoms with van der Waals surface area (Å²) >= 11 is 0. The van der Waals surface area contributed by atoms with Crippen molar-refractivity contribution in [3.05, 3.63) is 33.9 Å². The van der Waals surface area contributed by atoms with Gasteiger partial charge < -0.3 is 10.0 Å². The molecule has 0 unspecified atom stereocenters. The van der Waals surface area contributed by atoms with Crippen LogP contribution in [0.25, 0.3) is 0 Å². The number of nitriles is 1. The largest absolute Gasteiger partial charge is 0.480 e. The summed E-state index contributed by atoms with van der Waals surface area (Å²) in [5.74, 6) is -1.10. The Bertz CT molecular complexity index is 584. The van der Waals surface area contributed by atoms with Gasteiger partial charge in [-0.1, -0.05) is 0 Å². The Morgan fingerprint density at radius 1 is 1.50 bits per heavy atom. The van der Waals surface area contributed by atoms with Gasteiger partial charge in [0.05, 0.1) is 16.6 Å². The number of benzene rings is 1. The molecular formula is C13H15N3O4. The maximum Gasteiger partial charge on any atom is 0.323 e. The van der Waals surface area contributed by atoms with E-state index in [0.717, 1.165) is 0 Å². The van der Waals surface area contributed by atoms with Crippen molar-refractivity contribution in [2.24, 2.45) is 0 Å². The second-order valence-electron chi connectivity index (χ2n) is 5.22. The zero-order chi connectivity index (χ0) is 15.5. The van der Waals surface area contributed by atoms with Crippen molar-refractivity contribution < 1.29 is 14.8 Å². The number of carboxylic acids is 1. The van der Waals surface area contributed by atoms with E-state index in [4.69, 9.17) is 10.4 Å². The fourth-order valence-electron chi connectivity index (χ4n) is 1.78. The number of nitro benzene ring substituents is 1. The van der Waals surface area contributed by atoms with Gasteiger partial charge in [0.15, 0.2) is 0 Å². The molecule has 0 aliphatic carbocycles. The Hall–Kier alpha value is -2.62. The number of rotatable bonds is 4. The minimum Gasteiger partial charge on any atom is -0.480 e. The molecule has 0 fully saturated rings. The van der Waals surface area contributed by atoms with Gasteiger partial charge in [-0.2, -0.15) is 5.26 Å². The number of nitrogens with zero attached hydrogens (tertiary/aromatic N) is 3. The Morgan fingerprint density at radius 2 is 2.10 bits per heavy atom. The van der Waals surface area contributed by atoms with E-state index >= 15 is 0 Å². The molecule has 0 saturated heterocycles. The highest BCUT2D eigenvalue weighted by Crippen LogP contribution is 2.33. The van der Waals surface area contributed by atoms with Gasteiger partial charge in [0.25, 0.3) is 5.69 Å². The summed E-state index contributed by atoms with van der Waals surface area (Å²) in [5, 5.41) is 29.0. The van der Waals surface area contributed by atoms with Gasteiger partial charge in [0.1, 0.15) is 12.2 Å². The summed E-state index contributed by atoms with van der Waals surface area (Å²) in [6, 6.07) is 5.79. The van der Waals surface area contributed by atoms with E-state index in [0.29, 0.717) is 0 Å². The molecule has 1 aromatic rings. The molecule has 0 bridgehead atoms. The topological polar surface area (TPSA) is 107 Å². The van der Waals surface area contributed by atoms with Crippen LogP contribution in [0, 0.1) is 21.4 Å². The number of anilines is 1. The zero-order valence-corrected chi connectivity index (χ0v) is 11.5. The third kappa shape index (κ3) is 3.45. The van der Waals surface area contributed by atoms with Crippen molar-refractivity contribution in [3.8, 4) is 6.07 Å². The maximum absolute atomic E-state index is 11.1. The van der Waals surface area contributed by atoms with Crippen LogP contribution in [0.1, 0.15) is 26.3 Å². The molecule has 106 valence electrons. The molecule has 7 nitrogen and oxygen atoms in total. The number of aliphatic carboxylic acids is 1. The van der Waals surface area contributed by atoms with Gasteiger partial charge >= 0.3 is 5.97 Å². The zero-order valence-electron chi connectivity index (χ0n) is 11.5. The molecule has 1 rings (SSSR count). The van der Waals surface area contributed by atoms with Crippen molar-refractivity contribution in [2.45, 2.75) is 26.3 Å². The van der Waals surface area contributed by atoms with Crippen LogP contribution in [0.3, 0.4) is 0 Å². The first-order valence-electron chi connectivity index (χ1n) is 5.85. The smallest absolute Gasteiger partial charge is 0.323 e. The predicted octanol–water partition coefficient (Wildman–Crippen LogP) is 2.16. The summed E-state index contributed by atoms with van der Waals surface area (Å²) < 4.78 is 0. The molecule has 0 spiro atoms. The fourth-order valence-corrected chi connectivity index (χ4v) is 1.78. The molecule has 0 atom stereocenters. The lowest BCUT2D eigenvalue weighted by Gasteiger charge is -2.36. The maximum atomic E-state index is 11.1. The average Bonchev–Trinajstić information content (AvgIpc) is 2.33. The number of carbonyl (C=O) groups is 1. The number of carboxylic acid groups (broad SMARTS) is 1. The lowest BCUT2D eigenvalue weighted by molar-refractivity contribution is -0.384. The van der Waals surface area contributed by atoms with E-state index in [9.17, 15) is 14.9 Å². The van der Waals surface area contributed by atoms with Gasteiger partial charge in [-0.15, -0.1) is 0 Å². The summed E-state index contributed by atoms with van der Waals surface area (Å²) in [5.41, 5.74) is -0.494. The highest BCUT2D eigenvalue weighted by atomic mass is 16.6. The third-order valence-corrected chi connectivity index (χ3v) is 2.70. The highest BCUT2D eigenvalue weighted by molar-refractivity contribution is 5.77. The summed E-state index contributed by atoms with van der Waals surface area (Å²) in [6.07, 6.45) is 0. The van der Waals surface area contributed by atoms with Crippen molar-refractivity contribution in [1.29, 1.82) is 5.26 Å². The van der Waals surface area contributed by atoms with Crippen molar-refractivity contribution in [2.75, 3.05) is 11.4 Å². The number of nitro groups is 1. The predicted molar refractivity (Wildman–Crippen MR) is 72.5 cm³/mol. The lowest BCUT2D eigenvalue weighted by Crippen LogP contribution is -2.45. The molecule has 0 aromatic heterocycles. The SMILES string of the molecule is CC(C)(C)N(CC(=O)O)c1cc(C#N)ccc1[N+](=O)[O-]. The van der Waals surface area contributed by atoms with Gasteiger partial charge in [-0.25, -0.2) is 0 Å². The molecule has 7 heteroatoms. The van der Waals surface area contributed by atoms with Crippen LogP contribution in [0.4, 0.5) is 11.4 Å². The summed E-state index contributed by atoms with van der Waals surface area (Å²) in [7, 11) is 0. The molecule has 1 aromatic carbocycles. The van der Waals surface area contributed by atoms with Crippen molar-refractivity contribution in [3.63, 3.8) is 0 Å². The van der Waals surface area contributed by atoms with Crippen LogP contribution in [0.2, 0.25) is 0 Å². The molecule has 0 aliphatic heterocycles. The van der Waals surface area contributed by atoms with E-state index in [2.05, 4.69) is 0 Å². The Balaban J connectivity index is 3.48. The normalized spacial score (nSPS) is 10.7. The Morgan fingerprint density at radius 3 is 2.50 bits per heavy atom. The molecule has 0 heterocycles. The second-order valence-corrected chi connectivity index (χ2v) is 5.22. The standard InChI is InChI=1S/C13H15N3O4/c1-13(2,3)15(8-12(17)18)11-6-9(7-14)4-5-10(11)16(19)20/h4-6H,8H2,1-3H3,(H,17,18). The van der Waals surface area contributed by atoms with Gasteiger partial charge in [-0.05, 0) is 32.9 Å². The third-order valence-electron chi connectivity index (χ3n) is 2.70. The first kappa shape index (κ1) is 15.4. The molecule has 1 N–H and O–H groups in total. The van der Waals surface area contributed by atoms with Gasteiger partial charge in [0, 0.05) is 11.6 Å². The van der Waals surface area contributed by atoms with Gasteiger partial charge in [0.2, 0.25) is 0 Å². The monoisotopic (exact) mass is 277 g/mol. The minimum absolute atomic E-state index is 0.129. The quantitative estimate of drug-likeness (QED) is 0.667. The molecule has 0 saturated carbocycles. The lowest BCUT2D eigenvalue weighted by atomic mass is 10.0. The van der Waals surface area contributed by atoms with Crippen molar-refractivity contribution >= 4 is 17.3 Å². The highest BCUT2D eigenvalue weighted by Gasteiger charge is 2.29. The number of hydrogen-bond acceptors (Lipinski definition) is 5. The first-order valence-corrected chi connectivity index (χ1v) is 5.85. The van der Waals surface area contributed by atoms with E-state index < -0.39 is 16.4 Å². The van der Waals surface area contributed by atoms with Gasteiger partial charge in [-0.3, -0.25) is 14.9 Å². The first-order chi connectivity index (χ1) is 9.16. The molecule has 0 amide bonds. The van der Waals surface area contributed by atoms with E-state index in [1.165, 1.54) is 23.1 Å².